The molecule has 0 atom stereocenters. The lowest BCUT2D eigenvalue weighted by Crippen LogP contribution is -2.08. The maximum Gasteiger partial charge on any atom is 0.301 e. The van der Waals surface area contributed by atoms with Gasteiger partial charge in [0.25, 0.3) is 0 Å². The number of hydrogen-bond acceptors (Lipinski definition) is 2. The molecule has 3 nitrogen and oxygen atoms in total. The Balaban J connectivity index is 2.18. The van der Waals surface area contributed by atoms with Crippen molar-refractivity contribution in [1.29, 1.82) is 0 Å². The molecule has 116 valence electrons. The molecule has 22 heavy (non-hydrogen) atoms. The second kappa shape index (κ2) is 5.55. The fourth-order valence-corrected chi connectivity index (χ4v) is 2.46. The van der Waals surface area contributed by atoms with E-state index in [1.165, 1.54) is 0 Å². The monoisotopic (exact) mass is 304 g/mol. The number of ether oxygens (including phenoxy) is 1. The van der Waals surface area contributed by atoms with Gasteiger partial charge in [0.15, 0.2) is 5.82 Å². The Hall–Kier alpha value is -2.17. The third-order valence-corrected chi connectivity index (χ3v) is 3.63. The smallest absolute Gasteiger partial charge is 0.301 e. The Morgan fingerprint density at radius 2 is 1.95 bits per heavy atom. The predicted molar refractivity (Wildman–Crippen MR) is 83.6 cm³/mol. The predicted octanol–water partition coefficient (Wildman–Crippen LogP) is 5.01. The molecule has 0 saturated carbocycles. The van der Waals surface area contributed by atoms with E-state index in [0.717, 1.165) is 30.5 Å². The highest BCUT2D eigenvalue weighted by Crippen LogP contribution is 2.35. The van der Waals surface area contributed by atoms with Crippen LogP contribution in [0.15, 0.2) is 30.3 Å². The van der Waals surface area contributed by atoms with Gasteiger partial charge in [0, 0.05) is 23.8 Å². The molecule has 1 N–H and O–H groups in total. The molecule has 0 amide bonds. The van der Waals surface area contributed by atoms with Crippen LogP contribution in [0.5, 0.6) is 5.75 Å². The van der Waals surface area contributed by atoms with Gasteiger partial charge in [-0.2, -0.15) is 8.78 Å². The van der Waals surface area contributed by atoms with Crippen molar-refractivity contribution in [3.05, 3.63) is 36.2 Å². The molecule has 3 rings (SSSR count). The average molecular weight is 304 g/mol. The van der Waals surface area contributed by atoms with E-state index in [1.54, 1.807) is 6.07 Å². The number of unbranched alkanes of at least 4 members (excludes halogenated alkanes) is 1. The Morgan fingerprint density at radius 1 is 1.23 bits per heavy atom. The first-order chi connectivity index (χ1) is 10.5. The Kier molecular flexibility index (Phi) is 3.72. The fraction of sp³-hybridized carbons (Fsp3) is 0.353. The summed E-state index contributed by atoms with van der Waals surface area (Å²) in [7, 11) is 0. The lowest BCUT2D eigenvalue weighted by Gasteiger charge is -2.09. The van der Waals surface area contributed by atoms with Gasteiger partial charge in [-0.15, -0.1) is 0 Å². The fourth-order valence-electron chi connectivity index (χ4n) is 2.46. The second-order valence-electron chi connectivity index (χ2n) is 5.49. The highest BCUT2D eigenvalue weighted by molar-refractivity contribution is 6.07. The van der Waals surface area contributed by atoms with Gasteiger partial charge < -0.3 is 9.72 Å². The van der Waals surface area contributed by atoms with E-state index in [1.807, 2.05) is 24.3 Å². The molecule has 5 heteroatoms. The summed E-state index contributed by atoms with van der Waals surface area (Å²) in [4.78, 5) is 6.81. The van der Waals surface area contributed by atoms with Gasteiger partial charge in [-0.1, -0.05) is 37.6 Å². The Morgan fingerprint density at radius 3 is 2.64 bits per heavy atom. The number of fused-ring (bicyclic) bond motifs is 3. The minimum absolute atomic E-state index is 0.321. The molecule has 0 aliphatic rings. The van der Waals surface area contributed by atoms with Gasteiger partial charge in [-0.05, 0) is 6.42 Å². The zero-order valence-electron chi connectivity index (χ0n) is 12.6. The summed E-state index contributed by atoms with van der Waals surface area (Å²) >= 11 is 0. The van der Waals surface area contributed by atoms with Crippen LogP contribution >= 0.6 is 0 Å². The molecule has 0 aliphatic carbocycles. The zero-order valence-corrected chi connectivity index (χ0v) is 12.6. The molecule has 0 saturated heterocycles. The molecule has 0 radical (unpaired) electrons. The molecular weight excluding hydrogens is 286 g/mol. The van der Waals surface area contributed by atoms with Crippen molar-refractivity contribution in [2.75, 3.05) is 6.61 Å². The standard InChI is InChI=1S/C17H18F2N2O/c1-3-4-9-22-14-10-13-15(12-8-6-5-7-11(12)14)21-16(20-13)17(2,18)19/h5-8,10H,3-4,9H2,1-2H3,(H,20,21). The van der Waals surface area contributed by atoms with Crippen LogP contribution in [0.2, 0.25) is 0 Å². The van der Waals surface area contributed by atoms with Crippen molar-refractivity contribution in [3.8, 4) is 5.75 Å². The van der Waals surface area contributed by atoms with Crippen molar-refractivity contribution in [3.63, 3.8) is 0 Å². The second-order valence-corrected chi connectivity index (χ2v) is 5.49. The summed E-state index contributed by atoms with van der Waals surface area (Å²) < 4.78 is 32.9. The van der Waals surface area contributed by atoms with Crippen LogP contribution in [0.4, 0.5) is 8.78 Å². The zero-order chi connectivity index (χ0) is 15.7. The molecule has 0 spiro atoms. The maximum absolute atomic E-state index is 13.5. The van der Waals surface area contributed by atoms with Crippen LogP contribution in [-0.2, 0) is 5.92 Å². The van der Waals surface area contributed by atoms with Crippen LogP contribution in [0, 0.1) is 0 Å². The van der Waals surface area contributed by atoms with Crippen LogP contribution in [-0.4, -0.2) is 16.6 Å². The number of aromatic nitrogens is 2. The third kappa shape index (κ3) is 2.63. The van der Waals surface area contributed by atoms with E-state index in [9.17, 15) is 8.78 Å². The molecule has 1 aromatic heterocycles. The van der Waals surface area contributed by atoms with E-state index in [-0.39, 0.29) is 5.82 Å². The highest BCUT2D eigenvalue weighted by Gasteiger charge is 2.29. The summed E-state index contributed by atoms with van der Waals surface area (Å²) in [6, 6.07) is 9.34. The van der Waals surface area contributed by atoms with Gasteiger partial charge >= 0.3 is 5.92 Å². The van der Waals surface area contributed by atoms with Gasteiger partial charge in [-0.25, -0.2) is 4.98 Å². The molecule has 0 unspecified atom stereocenters. The van der Waals surface area contributed by atoms with Crippen molar-refractivity contribution in [2.24, 2.45) is 0 Å². The molecule has 2 aromatic carbocycles. The van der Waals surface area contributed by atoms with Crippen LogP contribution < -0.4 is 4.74 Å². The first-order valence-corrected chi connectivity index (χ1v) is 7.43. The van der Waals surface area contributed by atoms with E-state index >= 15 is 0 Å². The molecule has 3 aromatic rings. The first kappa shape index (κ1) is 14.8. The van der Waals surface area contributed by atoms with Gasteiger partial charge in [0.1, 0.15) is 5.75 Å². The SMILES string of the molecule is CCCCOc1cc2[nH]c(C(C)(F)F)nc2c2ccccc12. The minimum atomic E-state index is -3.00. The number of nitrogens with one attached hydrogen (secondary N) is 1. The average Bonchev–Trinajstić information content (AvgIpc) is 2.92. The molecule has 0 aliphatic heterocycles. The number of rotatable bonds is 5. The Bertz CT molecular complexity index is 805. The van der Waals surface area contributed by atoms with Crippen molar-refractivity contribution in [1.82, 2.24) is 9.97 Å². The number of aromatic amines is 1. The minimum Gasteiger partial charge on any atom is -0.493 e. The molecule has 0 bridgehead atoms. The van der Waals surface area contributed by atoms with E-state index in [4.69, 9.17) is 4.74 Å². The summed E-state index contributed by atoms with van der Waals surface area (Å²) in [6.45, 7) is 3.54. The molecular formula is C17H18F2N2O. The van der Waals surface area contributed by atoms with Gasteiger partial charge in [-0.3, -0.25) is 0 Å². The quantitative estimate of drug-likeness (QED) is 0.673. The number of hydrogen-bond donors (Lipinski definition) is 1. The van der Waals surface area contributed by atoms with Crippen molar-refractivity contribution < 1.29 is 13.5 Å². The van der Waals surface area contributed by atoms with E-state index in [2.05, 4.69) is 16.9 Å². The first-order valence-electron chi connectivity index (χ1n) is 7.43. The lowest BCUT2D eigenvalue weighted by atomic mass is 10.1. The number of imidazole rings is 1. The normalized spacial score (nSPS) is 12.2. The maximum atomic E-state index is 13.5. The van der Waals surface area contributed by atoms with E-state index < -0.39 is 5.92 Å². The van der Waals surface area contributed by atoms with Crippen LogP contribution in [0.1, 0.15) is 32.5 Å². The summed E-state index contributed by atoms with van der Waals surface area (Å²) in [6.07, 6.45) is 1.99. The highest BCUT2D eigenvalue weighted by atomic mass is 19.3. The number of H-pyrrole nitrogens is 1. The number of halogens is 2. The third-order valence-electron chi connectivity index (χ3n) is 3.63. The topological polar surface area (TPSA) is 37.9 Å². The Labute approximate surface area is 127 Å². The molecule has 1 heterocycles. The lowest BCUT2D eigenvalue weighted by molar-refractivity contribution is 0.00891. The number of benzene rings is 2. The van der Waals surface area contributed by atoms with Gasteiger partial charge in [0.2, 0.25) is 0 Å². The summed E-state index contributed by atoms with van der Waals surface area (Å²) in [5, 5.41) is 1.71. The van der Waals surface area contributed by atoms with Crippen LogP contribution in [0.25, 0.3) is 21.8 Å². The summed E-state index contributed by atoms with van der Waals surface area (Å²) in [5.41, 5.74) is 1.12. The van der Waals surface area contributed by atoms with Gasteiger partial charge in [0.05, 0.1) is 17.6 Å². The summed E-state index contributed by atoms with van der Waals surface area (Å²) in [5.74, 6) is -2.62. The van der Waals surface area contributed by atoms with E-state index in [0.29, 0.717) is 23.4 Å². The van der Waals surface area contributed by atoms with Crippen molar-refractivity contribution >= 4 is 21.8 Å². The van der Waals surface area contributed by atoms with Crippen LogP contribution in [0.3, 0.4) is 0 Å². The molecule has 0 fully saturated rings. The number of alkyl halides is 2. The van der Waals surface area contributed by atoms with Crippen molar-refractivity contribution in [2.45, 2.75) is 32.6 Å². The largest absolute Gasteiger partial charge is 0.493 e. The number of nitrogens with zero attached hydrogens (tertiary/aromatic N) is 1.